The average molecular weight is 564 g/mol. The maximum absolute atomic E-state index is 13.8. The lowest BCUT2D eigenvalue weighted by atomic mass is 9.53. The average Bonchev–Trinajstić information content (AvgIpc) is 3.90. The zero-order chi connectivity index (χ0) is 27.8. The van der Waals surface area contributed by atoms with Crippen molar-refractivity contribution in [1.29, 1.82) is 0 Å². The quantitative estimate of drug-likeness (QED) is 0.278. The molecule has 3 aromatic rings. The van der Waals surface area contributed by atoms with E-state index in [4.69, 9.17) is 8.94 Å². The fourth-order valence-corrected chi connectivity index (χ4v) is 7.38. The molecule has 0 aliphatic heterocycles. The van der Waals surface area contributed by atoms with E-state index in [2.05, 4.69) is 20.3 Å². The number of amides is 1. The summed E-state index contributed by atoms with van der Waals surface area (Å²) >= 11 is 0. The van der Waals surface area contributed by atoms with Crippen LogP contribution >= 0.6 is 0 Å². The Balaban J connectivity index is 1.04. The van der Waals surface area contributed by atoms with Crippen molar-refractivity contribution in [3.63, 3.8) is 0 Å². The van der Waals surface area contributed by atoms with Crippen molar-refractivity contribution < 1.29 is 22.5 Å². The molecule has 9 rings (SSSR count). The van der Waals surface area contributed by atoms with Gasteiger partial charge in [-0.3, -0.25) is 4.79 Å². The number of anilines is 1. The summed E-state index contributed by atoms with van der Waals surface area (Å²) < 4.78 is 39.0. The van der Waals surface area contributed by atoms with Gasteiger partial charge in [0.1, 0.15) is 0 Å². The fourth-order valence-electron chi connectivity index (χ4n) is 7.38. The molecule has 216 valence electrons. The van der Waals surface area contributed by atoms with Crippen LogP contribution in [0.1, 0.15) is 113 Å². The van der Waals surface area contributed by atoms with Gasteiger partial charge < -0.3 is 13.8 Å². The molecule has 6 aliphatic carbocycles. The van der Waals surface area contributed by atoms with Gasteiger partial charge in [-0.15, -0.1) is 10.2 Å². The molecule has 8 nitrogen and oxygen atoms in total. The summed E-state index contributed by atoms with van der Waals surface area (Å²) in [7, 11) is 0. The van der Waals surface area contributed by atoms with E-state index < -0.39 is 5.92 Å². The van der Waals surface area contributed by atoms with E-state index in [1.807, 2.05) is 29.2 Å². The highest BCUT2D eigenvalue weighted by Gasteiger charge is 2.53. The van der Waals surface area contributed by atoms with E-state index >= 15 is 0 Å². The summed E-state index contributed by atoms with van der Waals surface area (Å²) in [5.74, 6) is 0.587. The minimum absolute atomic E-state index is 0.0278. The third kappa shape index (κ3) is 4.77. The molecule has 2 aromatic heterocycles. The number of benzene rings is 1. The van der Waals surface area contributed by atoms with Gasteiger partial charge in [-0.1, -0.05) is 11.2 Å². The Bertz CT molecular complexity index is 1440. The number of alkyl halides is 2. The molecule has 6 saturated carbocycles. The number of halogens is 2. The van der Waals surface area contributed by atoms with E-state index in [0.717, 1.165) is 93.1 Å². The van der Waals surface area contributed by atoms with Crippen molar-refractivity contribution in [1.82, 2.24) is 20.3 Å². The van der Waals surface area contributed by atoms with Crippen LogP contribution in [0.4, 0.5) is 14.5 Å². The van der Waals surface area contributed by atoms with E-state index in [9.17, 15) is 13.6 Å². The first-order valence-electron chi connectivity index (χ1n) is 15.3. The minimum atomic E-state index is -2.64. The molecule has 0 saturated heterocycles. The lowest BCUT2D eigenvalue weighted by Crippen LogP contribution is -2.51. The number of fused-ring (bicyclic) bond motifs is 3. The Labute approximate surface area is 237 Å². The van der Waals surface area contributed by atoms with Crippen molar-refractivity contribution >= 4 is 11.6 Å². The van der Waals surface area contributed by atoms with Crippen molar-refractivity contribution in [2.45, 2.75) is 107 Å². The van der Waals surface area contributed by atoms with E-state index in [1.54, 1.807) is 0 Å². The second kappa shape index (κ2) is 9.16. The third-order valence-corrected chi connectivity index (χ3v) is 10.4. The molecule has 0 spiro atoms. The van der Waals surface area contributed by atoms with Gasteiger partial charge >= 0.3 is 0 Å². The van der Waals surface area contributed by atoms with Gasteiger partial charge in [0.05, 0.1) is 0 Å². The Hall–Kier alpha value is -3.17. The summed E-state index contributed by atoms with van der Waals surface area (Å²) in [5.41, 5.74) is 1.43. The molecule has 10 heteroatoms. The molecule has 0 atom stereocenters. The molecule has 0 unspecified atom stereocenters. The number of hydrogen-bond donors (Lipinski definition) is 0. The normalized spacial score (nSPS) is 28.9. The maximum atomic E-state index is 13.8. The zero-order valence-corrected chi connectivity index (χ0v) is 23.2. The van der Waals surface area contributed by atoms with Crippen LogP contribution in [-0.2, 0) is 10.2 Å². The van der Waals surface area contributed by atoms with Gasteiger partial charge in [0.15, 0.2) is 5.82 Å². The van der Waals surface area contributed by atoms with Crippen LogP contribution in [0.5, 0.6) is 0 Å². The molecule has 1 aromatic carbocycles. The van der Waals surface area contributed by atoms with Crippen LogP contribution in [0.15, 0.2) is 33.2 Å². The second-order valence-electron chi connectivity index (χ2n) is 13.6. The number of carbonyl (C=O) groups excluding carboxylic acids is 1. The molecular weight excluding hydrogens is 528 g/mol. The molecule has 2 heterocycles. The predicted molar refractivity (Wildman–Crippen MR) is 144 cm³/mol. The standard InChI is InChI=1S/C31H35F2N5O3/c32-31(33)16-19(17-31)14-24(39)38(23-3-1-2-22(15-23)26-34-25(37-41-26)20-4-5-20)18-29-8-11-30(12-9-29,13-10-29)28-36-35-27(40-28)21-6-7-21/h1-3,15,19-21H,4-14,16-18H2. The maximum Gasteiger partial charge on any atom is 0.258 e. The smallest absolute Gasteiger partial charge is 0.258 e. The van der Waals surface area contributed by atoms with Gasteiger partial charge in [0.2, 0.25) is 23.6 Å². The topological polar surface area (TPSA) is 98.2 Å². The van der Waals surface area contributed by atoms with Gasteiger partial charge in [-0.05, 0) is 93.7 Å². The lowest BCUT2D eigenvalue weighted by Gasteiger charge is -2.53. The van der Waals surface area contributed by atoms with Gasteiger partial charge in [0.25, 0.3) is 5.89 Å². The zero-order valence-electron chi connectivity index (χ0n) is 23.2. The Kier molecular flexibility index (Phi) is 5.71. The molecule has 6 fully saturated rings. The molecule has 0 N–H and O–H groups in total. The molecule has 41 heavy (non-hydrogen) atoms. The highest BCUT2D eigenvalue weighted by atomic mass is 19.3. The SMILES string of the molecule is O=C(CC1CC(F)(F)C1)N(CC12CCC(c3nnc(C4CC4)o3)(CC1)CC2)c1cccc(-c2nc(C3CC3)no2)c1. The van der Waals surface area contributed by atoms with Crippen molar-refractivity contribution in [2.24, 2.45) is 11.3 Å². The molecule has 2 bridgehead atoms. The monoisotopic (exact) mass is 563 g/mol. The van der Waals surface area contributed by atoms with Crippen LogP contribution in [-0.4, -0.2) is 38.7 Å². The third-order valence-electron chi connectivity index (χ3n) is 10.4. The number of aromatic nitrogens is 4. The van der Waals surface area contributed by atoms with Crippen LogP contribution in [0, 0.1) is 11.3 Å². The van der Waals surface area contributed by atoms with Crippen LogP contribution in [0.2, 0.25) is 0 Å². The summed E-state index contributed by atoms with van der Waals surface area (Å²) in [6.45, 7) is 0.572. The molecular formula is C31H35F2N5O3. The van der Waals surface area contributed by atoms with Crippen molar-refractivity contribution in [3.05, 3.63) is 41.9 Å². The largest absolute Gasteiger partial charge is 0.424 e. The van der Waals surface area contributed by atoms with Crippen LogP contribution < -0.4 is 4.90 Å². The Morgan fingerprint density at radius 2 is 1.71 bits per heavy atom. The fraction of sp³-hybridized carbons (Fsp3) is 0.645. The summed E-state index contributed by atoms with van der Waals surface area (Å²) in [6, 6.07) is 7.68. The lowest BCUT2D eigenvalue weighted by molar-refractivity contribution is -0.132. The highest BCUT2D eigenvalue weighted by Crippen LogP contribution is 2.58. The van der Waals surface area contributed by atoms with E-state index in [0.29, 0.717) is 24.3 Å². The second-order valence-corrected chi connectivity index (χ2v) is 13.6. The van der Waals surface area contributed by atoms with Gasteiger partial charge in [0, 0.05) is 54.3 Å². The predicted octanol–water partition coefficient (Wildman–Crippen LogP) is 6.94. The molecule has 1 amide bonds. The summed E-state index contributed by atoms with van der Waals surface area (Å²) in [4.78, 5) is 20.3. The number of nitrogens with zero attached hydrogens (tertiary/aromatic N) is 5. The van der Waals surface area contributed by atoms with Crippen molar-refractivity contribution in [2.75, 3.05) is 11.4 Å². The molecule has 0 radical (unpaired) electrons. The van der Waals surface area contributed by atoms with Gasteiger partial charge in [-0.2, -0.15) is 4.98 Å². The first-order valence-corrected chi connectivity index (χ1v) is 15.3. The Morgan fingerprint density at radius 1 is 0.976 bits per heavy atom. The van der Waals surface area contributed by atoms with Crippen molar-refractivity contribution in [3.8, 4) is 11.5 Å². The summed E-state index contributed by atoms with van der Waals surface area (Å²) in [5, 5.41) is 13.0. The number of rotatable bonds is 9. The molecule has 6 aliphatic rings. The number of hydrogen-bond acceptors (Lipinski definition) is 7. The first-order chi connectivity index (χ1) is 19.8. The first kappa shape index (κ1) is 25.5. The minimum Gasteiger partial charge on any atom is -0.424 e. The summed E-state index contributed by atoms with van der Waals surface area (Å²) in [6.07, 6.45) is 9.93. The van der Waals surface area contributed by atoms with E-state index in [1.165, 1.54) is 0 Å². The highest BCUT2D eigenvalue weighted by molar-refractivity contribution is 5.94. The Morgan fingerprint density at radius 3 is 2.39 bits per heavy atom. The van der Waals surface area contributed by atoms with Gasteiger partial charge in [-0.25, -0.2) is 8.78 Å². The van der Waals surface area contributed by atoms with E-state index in [-0.39, 0.29) is 41.9 Å². The number of carbonyl (C=O) groups is 1. The van der Waals surface area contributed by atoms with Crippen LogP contribution in [0.25, 0.3) is 11.5 Å². The van der Waals surface area contributed by atoms with Crippen LogP contribution in [0.3, 0.4) is 0 Å².